The first-order valence-corrected chi connectivity index (χ1v) is 9.95. The number of rotatable bonds is 6. The molecule has 12 heteroatoms. The Hall–Kier alpha value is -2.34. The van der Waals surface area contributed by atoms with Gasteiger partial charge in [0.05, 0.1) is 4.90 Å². The highest BCUT2D eigenvalue weighted by Gasteiger charge is 2.46. The number of carbonyl (C=O) groups excluding carboxylic acids is 1. The van der Waals surface area contributed by atoms with Crippen LogP contribution in [0.4, 0.5) is 22.0 Å². The third-order valence-electron chi connectivity index (χ3n) is 4.06. The molecule has 0 unspecified atom stereocenters. The Morgan fingerprint density at radius 2 is 1.93 bits per heavy atom. The lowest BCUT2D eigenvalue weighted by atomic mass is 10.2. The molecule has 1 N–H and O–H groups in total. The standard InChI is InChI=1S/C17H18F5N3O3S/c1-2-3-4-14(17(20,21)22)23-24-16(26)15-13(19)9-10-25(15)29(27,28)12-7-5-11(18)6-8-12/h3-8,13,15H,2,9-10H2,1H3,(H,24,26)/b4-3-,23-14+/t13-,15-/m0/s1. The molecule has 1 amide bonds. The number of amides is 1. The number of hydrazone groups is 1. The number of hydrogen-bond donors (Lipinski definition) is 1. The summed E-state index contributed by atoms with van der Waals surface area (Å²) in [7, 11) is -4.38. The van der Waals surface area contributed by atoms with Crippen molar-refractivity contribution >= 4 is 21.6 Å². The third kappa shape index (κ3) is 5.38. The van der Waals surface area contributed by atoms with E-state index >= 15 is 0 Å². The Morgan fingerprint density at radius 3 is 2.48 bits per heavy atom. The van der Waals surface area contributed by atoms with E-state index < -0.39 is 45.8 Å². The molecule has 1 fully saturated rings. The Morgan fingerprint density at radius 1 is 1.31 bits per heavy atom. The summed E-state index contributed by atoms with van der Waals surface area (Å²) in [5.74, 6) is -2.04. The van der Waals surface area contributed by atoms with Gasteiger partial charge in [-0.25, -0.2) is 22.6 Å². The molecular weight excluding hydrogens is 421 g/mol. The molecule has 1 saturated heterocycles. The zero-order chi connectivity index (χ0) is 21.8. The van der Waals surface area contributed by atoms with Gasteiger partial charge < -0.3 is 0 Å². The number of sulfonamides is 1. The molecule has 0 radical (unpaired) electrons. The van der Waals surface area contributed by atoms with Gasteiger partial charge in [-0.3, -0.25) is 4.79 Å². The minimum atomic E-state index is -4.87. The molecule has 6 nitrogen and oxygen atoms in total. The van der Waals surface area contributed by atoms with E-state index in [0.717, 1.165) is 30.3 Å². The van der Waals surface area contributed by atoms with Crippen LogP contribution in [0.3, 0.4) is 0 Å². The van der Waals surface area contributed by atoms with Gasteiger partial charge in [0.25, 0.3) is 5.91 Å². The van der Waals surface area contributed by atoms with E-state index in [1.54, 1.807) is 12.3 Å². The topological polar surface area (TPSA) is 78.8 Å². The molecule has 0 aromatic heterocycles. The largest absolute Gasteiger partial charge is 0.435 e. The number of allylic oxidation sites excluding steroid dienone is 2. The summed E-state index contributed by atoms with van der Waals surface area (Å²) in [5.41, 5.74) is 0.183. The van der Waals surface area contributed by atoms with Crippen LogP contribution in [0.2, 0.25) is 0 Å². The summed E-state index contributed by atoms with van der Waals surface area (Å²) in [5, 5.41) is 2.98. The summed E-state index contributed by atoms with van der Waals surface area (Å²) >= 11 is 0. The maximum absolute atomic E-state index is 14.2. The number of nitrogens with one attached hydrogen (secondary N) is 1. The second kappa shape index (κ2) is 8.99. The Balaban J connectivity index is 2.28. The summed E-state index contributed by atoms with van der Waals surface area (Å²) in [6.45, 7) is 1.22. The van der Waals surface area contributed by atoms with Crippen LogP contribution in [-0.4, -0.2) is 49.3 Å². The average Bonchev–Trinajstić information content (AvgIpc) is 3.03. The number of halogens is 5. The molecule has 1 aliphatic heterocycles. The fourth-order valence-corrected chi connectivity index (χ4v) is 4.26. The number of hydrogen-bond acceptors (Lipinski definition) is 4. The molecule has 1 aromatic rings. The quantitative estimate of drug-likeness (QED) is 0.421. The van der Waals surface area contributed by atoms with Crippen molar-refractivity contribution in [2.75, 3.05) is 6.54 Å². The maximum atomic E-state index is 14.2. The van der Waals surface area contributed by atoms with Crippen molar-refractivity contribution in [3.05, 3.63) is 42.2 Å². The van der Waals surface area contributed by atoms with E-state index in [4.69, 9.17) is 0 Å². The van der Waals surface area contributed by atoms with Gasteiger partial charge in [0.15, 0.2) is 5.71 Å². The molecule has 2 atom stereocenters. The summed E-state index contributed by atoms with van der Waals surface area (Å²) in [6, 6.07) is 1.75. The Kier molecular flexibility index (Phi) is 7.11. The second-order valence-electron chi connectivity index (χ2n) is 6.10. The molecule has 1 heterocycles. The van der Waals surface area contributed by atoms with Crippen LogP contribution in [0.15, 0.2) is 46.4 Å². The van der Waals surface area contributed by atoms with Gasteiger partial charge in [0, 0.05) is 6.54 Å². The highest BCUT2D eigenvalue weighted by Crippen LogP contribution is 2.28. The molecule has 1 aliphatic rings. The fraction of sp³-hybridized carbons (Fsp3) is 0.412. The fourth-order valence-electron chi connectivity index (χ4n) is 2.64. The van der Waals surface area contributed by atoms with Gasteiger partial charge in [0.1, 0.15) is 18.0 Å². The highest BCUT2D eigenvalue weighted by molar-refractivity contribution is 7.89. The Labute approximate surface area is 164 Å². The molecule has 0 saturated carbocycles. The van der Waals surface area contributed by atoms with Gasteiger partial charge in [-0.2, -0.15) is 22.6 Å². The van der Waals surface area contributed by atoms with Crippen molar-refractivity contribution < 1.29 is 35.2 Å². The number of carbonyl (C=O) groups is 1. The second-order valence-corrected chi connectivity index (χ2v) is 7.99. The lowest BCUT2D eigenvalue weighted by Crippen LogP contribution is -2.48. The summed E-state index contributed by atoms with van der Waals surface area (Å²) in [4.78, 5) is 11.9. The highest BCUT2D eigenvalue weighted by atomic mass is 32.2. The predicted octanol–water partition coefficient (Wildman–Crippen LogP) is 2.93. The molecule has 2 rings (SSSR count). The minimum absolute atomic E-state index is 0.280. The van der Waals surface area contributed by atoms with Crippen molar-refractivity contribution in [1.29, 1.82) is 0 Å². The SMILES string of the molecule is CC/C=C\C(=N/NC(=O)[C@@H]1[C@@H](F)CCN1S(=O)(=O)c1ccc(F)cc1)C(F)(F)F. The molecule has 1 aromatic carbocycles. The number of benzene rings is 1. The van der Waals surface area contributed by atoms with Gasteiger partial charge in [0.2, 0.25) is 10.0 Å². The van der Waals surface area contributed by atoms with Crippen molar-refractivity contribution in [1.82, 2.24) is 9.73 Å². The van der Waals surface area contributed by atoms with Crippen LogP contribution in [-0.2, 0) is 14.8 Å². The van der Waals surface area contributed by atoms with E-state index in [0.29, 0.717) is 10.4 Å². The normalized spacial score (nSPS) is 21.7. The van der Waals surface area contributed by atoms with Crippen molar-refractivity contribution in [3.8, 4) is 0 Å². The van der Waals surface area contributed by atoms with Crippen molar-refractivity contribution in [2.45, 2.75) is 43.1 Å². The zero-order valence-corrected chi connectivity index (χ0v) is 16.0. The molecule has 0 aliphatic carbocycles. The predicted molar refractivity (Wildman–Crippen MR) is 94.7 cm³/mol. The monoisotopic (exact) mass is 439 g/mol. The zero-order valence-electron chi connectivity index (χ0n) is 15.2. The number of nitrogens with zero attached hydrogens (tertiary/aromatic N) is 2. The van der Waals surface area contributed by atoms with Gasteiger partial charge >= 0.3 is 6.18 Å². The molecule has 0 spiro atoms. The Bertz CT molecular complexity index is 898. The van der Waals surface area contributed by atoms with Crippen LogP contribution in [0.25, 0.3) is 0 Å². The third-order valence-corrected chi connectivity index (χ3v) is 5.95. The van der Waals surface area contributed by atoms with Crippen LogP contribution in [0.5, 0.6) is 0 Å². The minimum Gasteiger partial charge on any atom is -0.271 e. The van der Waals surface area contributed by atoms with E-state index in [-0.39, 0.29) is 24.3 Å². The molecule has 160 valence electrons. The molecule has 0 bridgehead atoms. The first kappa shape index (κ1) is 22.9. The van der Waals surface area contributed by atoms with Crippen LogP contribution < -0.4 is 5.43 Å². The van der Waals surface area contributed by atoms with Crippen molar-refractivity contribution in [3.63, 3.8) is 0 Å². The van der Waals surface area contributed by atoms with E-state index in [1.807, 2.05) is 0 Å². The van der Waals surface area contributed by atoms with Gasteiger partial charge in [-0.05, 0) is 43.2 Å². The smallest absolute Gasteiger partial charge is 0.271 e. The number of alkyl halides is 4. The van der Waals surface area contributed by atoms with Crippen molar-refractivity contribution in [2.24, 2.45) is 5.10 Å². The lowest BCUT2D eigenvalue weighted by Gasteiger charge is -2.23. The molecule has 29 heavy (non-hydrogen) atoms. The van der Waals surface area contributed by atoms with Gasteiger partial charge in [-0.1, -0.05) is 13.0 Å². The van der Waals surface area contributed by atoms with E-state index in [2.05, 4.69) is 5.10 Å². The first-order valence-electron chi connectivity index (χ1n) is 8.51. The van der Waals surface area contributed by atoms with Crippen LogP contribution in [0.1, 0.15) is 19.8 Å². The first-order chi connectivity index (χ1) is 13.5. The van der Waals surface area contributed by atoms with Gasteiger partial charge in [-0.15, -0.1) is 0 Å². The summed E-state index contributed by atoms with van der Waals surface area (Å²) in [6.07, 6.45) is -5.05. The lowest BCUT2D eigenvalue weighted by molar-refractivity contribution is -0.125. The average molecular weight is 439 g/mol. The van der Waals surface area contributed by atoms with Crippen LogP contribution in [0, 0.1) is 5.82 Å². The molecular formula is C17H18F5N3O3S. The van der Waals surface area contributed by atoms with Crippen LogP contribution >= 0.6 is 0 Å². The maximum Gasteiger partial charge on any atom is 0.435 e. The van der Waals surface area contributed by atoms with E-state index in [9.17, 15) is 35.2 Å². The van der Waals surface area contributed by atoms with E-state index in [1.165, 1.54) is 0 Å². The summed E-state index contributed by atoms with van der Waals surface area (Å²) < 4.78 is 91.9.